The molecule has 1 N–H and O–H groups in total. The minimum absolute atomic E-state index is 0.0539. The van der Waals surface area contributed by atoms with Gasteiger partial charge in [0.25, 0.3) is 0 Å². The van der Waals surface area contributed by atoms with Crippen molar-refractivity contribution in [3.63, 3.8) is 0 Å². The molecule has 2 aliphatic rings. The summed E-state index contributed by atoms with van der Waals surface area (Å²) in [7, 11) is 1.78. The minimum Gasteiger partial charge on any atom is -0.478 e. The number of carboxylic acid groups (broad SMARTS) is 1. The second-order valence-electron chi connectivity index (χ2n) is 11.3. The molecule has 3 heterocycles. The van der Waals surface area contributed by atoms with Crippen molar-refractivity contribution < 1.29 is 36.7 Å². The fourth-order valence-electron chi connectivity index (χ4n) is 5.91. The molecule has 0 bridgehead atoms. The number of hydrogen-bond donors (Lipinski definition) is 1. The normalized spacial score (nSPS) is 20.1. The standard InChI is InChI=1S/C30H27Cl2F4N3O4/c1-38-13-19(28(40)41)17-6-5-16(11-24(17)38)39-9-7-29(33,8-10-39)15-42-14-20-26(25-22(31)3-2-4-23(25)32)37-43-27(20)18-12-21(18)30(34,35)36/h2-6,11,13,18,21H,7-10,12,14-15H2,1H3,(H,40,41). The van der Waals surface area contributed by atoms with Crippen molar-refractivity contribution >= 4 is 45.8 Å². The van der Waals surface area contributed by atoms with Crippen molar-refractivity contribution in [1.82, 2.24) is 9.72 Å². The van der Waals surface area contributed by atoms with Crippen molar-refractivity contribution in [3.05, 3.63) is 69.5 Å². The molecule has 7 nitrogen and oxygen atoms in total. The third-order valence-corrected chi connectivity index (χ3v) is 9.03. The Morgan fingerprint density at radius 3 is 2.51 bits per heavy atom. The van der Waals surface area contributed by atoms with Gasteiger partial charge in [-0.15, -0.1) is 0 Å². The number of rotatable bonds is 8. The molecule has 1 saturated carbocycles. The van der Waals surface area contributed by atoms with Crippen LogP contribution in [0.1, 0.15) is 46.9 Å². The molecular weight excluding hydrogens is 613 g/mol. The maximum atomic E-state index is 15.9. The molecule has 1 aliphatic carbocycles. The van der Waals surface area contributed by atoms with Gasteiger partial charge >= 0.3 is 12.1 Å². The van der Waals surface area contributed by atoms with Crippen LogP contribution < -0.4 is 4.90 Å². The summed E-state index contributed by atoms with van der Waals surface area (Å²) in [4.78, 5) is 13.6. The maximum absolute atomic E-state index is 15.9. The number of aromatic nitrogens is 2. The first-order valence-corrected chi connectivity index (χ1v) is 14.5. The summed E-state index contributed by atoms with van der Waals surface area (Å²) in [5, 5.41) is 14.6. The fraction of sp³-hybridized carbons (Fsp3) is 0.400. The minimum atomic E-state index is -4.38. The predicted octanol–water partition coefficient (Wildman–Crippen LogP) is 8.03. The summed E-state index contributed by atoms with van der Waals surface area (Å²) in [5.41, 5.74) is 0.958. The average molecular weight is 640 g/mol. The van der Waals surface area contributed by atoms with Crippen molar-refractivity contribution in [3.8, 4) is 11.3 Å². The Morgan fingerprint density at radius 2 is 1.88 bits per heavy atom. The Labute approximate surface area is 253 Å². The second-order valence-corrected chi connectivity index (χ2v) is 12.1. The lowest BCUT2D eigenvalue weighted by molar-refractivity contribution is -0.149. The third-order valence-electron chi connectivity index (χ3n) is 8.40. The van der Waals surface area contributed by atoms with Crippen molar-refractivity contribution in [2.24, 2.45) is 13.0 Å². The first-order chi connectivity index (χ1) is 20.4. The van der Waals surface area contributed by atoms with Crippen LogP contribution in [0.15, 0.2) is 47.1 Å². The van der Waals surface area contributed by atoms with Crippen LogP contribution in [-0.2, 0) is 18.4 Å². The molecule has 6 rings (SSSR count). The summed E-state index contributed by atoms with van der Waals surface area (Å²) in [6.07, 6.45) is -2.61. The third kappa shape index (κ3) is 5.70. The molecule has 2 aromatic heterocycles. The highest BCUT2D eigenvalue weighted by atomic mass is 35.5. The highest BCUT2D eigenvalue weighted by Crippen LogP contribution is 2.57. The van der Waals surface area contributed by atoms with E-state index < -0.39 is 29.7 Å². The SMILES string of the molecule is Cn1cc(C(=O)O)c2ccc(N3CCC(F)(COCc4c(-c5c(Cl)cccc5Cl)noc4C4CC4C(F)(F)F)CC3)cc21. The maximum Gasteiger partial charge on any atom is 0.392 e. The topological polar surface area (TPSA) is 80.7 Å². The van der Waals surface area contributed by atoms with Gasteiger partial charge in [0.1, 0.15) is 17.1 Å². The molecule has 2 aromatic carbocycles. The average Bonchev–Trinajstić information content (AvgIpc) is 3.56. The van der Waals surface area contributed by atoms with E-state index in [4.69, 9.17) is 32.5 Å². The van der Waals surface area contributed by atoms with Crippen LogP contribution in [0.3, 0.4) is 0 Å². The molecule has 2 unspecified atom stereocenters. The summed E-state index contributed by atoms with van der Waals surface area (Å²) in [6.45, 7) is 0.307. The van der Waals surface area contributed by atoms with Gasteiger partial charge in [0.15, 0.2) is 0 Å². The van der Waals surface area contributed by atoms with Gasteiger partial charge in [-0.05, 0) is 36.8 Å². The van der Waals surface area contributed by atoms with Gasteiger partial charge < -0.3 is 23.8 Å². The second kappa shape index (κ2) is 11.0. The number of fused-ring (bicyclic) bond motifs is 1. The summed E-state index contributed by atoms with van der Waals surface area (Å²) < 4.78 is 69.0. The molecule has 228 valence electrons. The van der Waals surface area contributed by atoms with Crippen molar-refractivity contribution in [1.29, 1.82) is 0 Å². The number of alkyl halides is 4. The monoisotopic (exact) mass is 639 g/mol. The molecule has 1 aliphatic heterocycles. The molecule has 13 heteroatoms. The van der Waals surface area contributed by atoms with E-state index in [2.05, 4.69) is 5.16 Å². The smallest absolute Gasteiger partial charge is 0.392 e. The first-order valence-electron chi connectivity index (χ1n) is 13.7. The van der Waals surface area contributed by atoms with E-state index in [9.17, 15) is 23.1 Å². The number of carbonyl (C=O) groups is 1. The Kier molecular flexibility index (Phi) is 7.63. The Hall–Kier alpha value is -3.28. The molecular formula is C30H27Cl2F4N3O4. The quantitative estimate of drug-likeness (QED) is 0.197. The number of halogens is 6. The van der Waals surface area contributed by atoms with Crippen LogP contribution in [0.25, 0.3) is 22.2 Å². The number of aromatic carboxylic acids is 1. The molecule has 43 heavy (non-hydrogen) atoms. The lowest BCUT2D eigenvalue weighted by Crippen LogP contribution is -2.44. The largest absolute Gasteiger partial charge is 0.478 e. The number of ether oxygens (including phenoxy) is 1. The molecule has 2 fully saturated rings. The number of benzene rings is 2. The Morgan fingerprint density at radius 1 is 1.19 bits per heavy atom. The van der Waals surface area contributed by atoms with E-state index in [-0.39, 0.29) is 65.1 Å². The van der Waals surface area contributed by atoms with Crippen LogP contribution in [-0.4, -0.2) is 52.3 Å². The lowest BCUT2D eigenvalue weighted by atomic mass is 9.93. The number of piperidine rings is 1. The van der Waals surface area contributed by atoms with Crippen molar-refractivity contribution in [2.75, 3.05) is 24.6 Å². The fourth-order valence-corrected chi connectivity index (χ4v) is 6.48. The van der Waals surface area contributed by atoms with Gasteiger partial charge in [0.2, 0.25) is 0 Å². The zero-order valence-corrected chi connectivity index (χ0v) is 24.4. The number of hydrogen-bond acceptors (Lipinski definition) is 5. The zero-order valence-electron chi connectivity index (χ0n) is 22.9. The van der Waals surface area contributed by atoms with E-state index in [0.29, 0.717) is 24.0 Å². The highest BCUT2D eigenvalue weighted by Gasteiger charge is 2.58. The molecule has 1 saturated heterocycles. The van der Waals surface area contributed by atoms with Crippen molar-refractivity contribution in [2.45, 2.75) is 43.6 Å². The predicted molar refractivity (Wildman–Crippen MR) is 154 cm³/mol. The lowest BCUT2D eigenvalue weighted by Gasteiger charge is -2.37. The van der Waals surface area contributed by atoms with Crippen LogP contribution in [0.5, 0.6) is 0 Å². The number of aryl methyl sites for hydroxylation is 1. The number of carboxylic acids is 1. The van der Waals surface area contributed by atoms with Gasteiger partial charge in [-0.1, -0.05) is 34.4 Å². The van der Waals surface area contributed by atoms with Crippen LogP contribution in [0.4, 0.5) is 23.2 Å². The molecule has 0 amide bonds. The van der Waals surface area contributed by atoms with E-state index >= 15 is 4.39 Å². The van der Waals surface area contributed by atoms with Crippen LogP contribution in [0, 0.1) is 5.92 Å². The van der Waals surface area contributed by atoms with Gasteiger partial charge in [-0.25, -0.2) is 9.18 Å². The van der Waals surface area contributed by atoms with Gasteiger partial charge in [-0.2, -0.15) is 13.2 Å². The zero-order chi connectivity index (χ0) is 30.7. The van der Waals surface area contributed by atoms with Gasteiger partial charge in [0, 0.05) is 67.3 Å². The molecule has 4 aromatic rings. The Balaban J connectivity index is 1.15. The molecule has 2 atom stereocenters. The molecule has 0 radical (unpaired) electrons. The number of anilines is 1. The van der Waals surface area contributed by atoms with Gasteiger partial charge in [-0.3, -0.25) is 0 Å². The van der Waals surface area contributed by atoms with Gasteiger partial charge in [0.05, 0.1) is 40.3 Å². The van der Waals surface area contributed by atoms with Crippen LogP contribution in [0.2, 0.25) is 10.0 Å². The number of nitrogens with zero attached hydrogens (tertiary/aromatic N) is 3. The molecule has 0 spiro atoms. The highest BCUT2D eigenvalue weighted by molar-refractivity contribution is 6.39. The van der Waals surface area contributed by atoms with E-state index in [0.717, 1.165) is 11.2 Å². The van der Waals surface area contributed by atoms with E-state index in [1.54, 1.807) is 42.1 Å². The summed E-state index contributed by atoms with van der Waals surface area (Å²) in [6, 6.07) is 10.3. The summed E-state index contributed by atoms with van der Waals surface area (Å²) in [5.74, 6) is -3.40. The van der Waals surface area contributed by atoms with E-state index in [1.807, 2.05) is 17.0 Å². The summed E-state index contributed by atoms with van der Waals surface area (Å²) >= 11 is 12.7. The van der Waals surface area contributed by atoms with Crippen LogP contribution >= 0.6 is 23.2 Å². The van der Waals surface area contributed by atoms with E-state index in [1.165, 1.54) is 0 Å². The first kappa shape index (κ1) is 29.8. The Bertz CT molecular complexity index is 1670.